The third-order valence-electron chi connectivity index (χ3n) is 2.24. The molecule has 0 atom stereocenters. The van der Waals surface area contributed by atoms with Gasteiger partial charge in [0.05, 0.1) is 12.1 Å². The standard InChI is InChI=1S/C12H10BrIN2OS/c1-7-6-18-11(16-7)5-15-12(17)9-4-8(13)2-3-10(9)14/h2-4,6H,5H2,1H3,(H,15,17). The van der Waals surface area contributed by atoms with Crippen LogP contribution in [0.1, 0.15) is 21.1 Å². The van der Waals surface area contributed by atoms with Crippen LogP contribution in [0.15, 0.2) is 28.1 Å². The highest BCUT2D eigenvalue weighted by atomic mass is 127. The Morgan fingerprint density at radius 3 is 3.00 bits per heavy atom. The van der Waals surface area contributed by atoms with Crippen LogP contribution in [-0.4, -0.2) is 10.9 Å². The second-order valence-corrected chi connectivity index (χ2v) is 6.71. The normalized spacial score (nSPS) is 10.4. The van der Waals surface area contributed by atoms with Gasteiger partial charge in [0, 0.05) is 19.1 Å². The van der Waals surface area contributed by atoms with Gasteiger partial charge in [-0.2, -0.15) is 0 Å². The number of hydrogen-bond acceptors (Lipinski definition) is 3. The van der Waals surface area contributed by atoms with E-state index in [1.165, 1.54) is 0 Å². The second-order valence-electron chi connectivity index (χ2n) is 3.69. The number of nitrogens with zero attached hydrogens (tertiary/aromatic N) is 1. The van der Waals surface area contributed by atoms with Gasteiger partial charge in [0.15, 0.2) is 0 Å². The summed E-state index contributed by atoms with van der Waals surface area (Å²) in [6, 6.07) is 5.65. The fraction of sp³-hybridized carbons (Fsp3) is 0.167. The molecule has 0 aliphatic rings. The van der Waals surface area contributed by atoms with Crippen LogP contribution in [0.4, 0.5) is 0 Å². The van der Waals surface area contributed by atoms with Crippen molar-refractivity contribution in [2.75, 3.05) is 0 Å². The molecule has 2 aromatic rings. The summed E-state index contributed by atoms with van der Waals surface area (Å²) in [7, 11) is 0. The van der Waals surface area contributed by atoms with Gasteiger partial charge in [-0.15, -0.1) is 11.3 Å². The Morgan fingerprint density at radius 1 is 1.56 bits per heavy atom. The lowest BCUT2D eigenvalue weighted by atomic mass is 10.2. The maximum Gasteiger partial charge on any atom is 0.252 e. The monoisotopic (exact) mass is 436 g/mol. The Balaban J connectivity index is 2.05. The molecule has 1 aromatic carbocycles. The van der Waals surface area contributed by atoms with E-state index in [2.05, 4.69) is 48.8 Å². The Morgan fingerprint density at radius 2 is 2.33 bits per heavy atom. The number of amides is 1. The van der Waals surface area contributed by atoms with Crippen molar-refractivity contribution in [3.05, 3.63) is 47.9 Å². The van der Waals surface area contributed by atoms with E-state index in [1.807, 2.05) is 30.5 Å². The van der Waals surface area contributed by atoms with Gasteiger partial charge in [-0.25, -0.2) is 4.98 Å². The van der Waals surface area contributed by atoms with E-state index in [0.29, 0.717) is 12.1 Å². The van der Waals surface area contributed by atoms with Crippen LogP contribution >= 0.6 is 49.9 Å². The van der Waals surface area contributed by atoms with Crippen LogP contribution in [-0.2, 0) is 6.54 Å². The number of benzene rings is 1. The molecule has 0 bridgehead atoms. The molecule has 2 rings (SSSR count). The molecule has 1 N–H and O–H groups in total. The lowest BCUT2D eigenvalue weighted by Crippen LogP contribution is -2.23. The van der Waals surface area contributed by atoms with Crippen LogP contribution in [0.5, 0.6) is 0 Å². The molecule has 1 aromatic heterocycles. The van der Waals surface area contributed by atoms with Gasteiger partial charge < -0.3 is 5.32 Å². The van der Waals surface area contributed by atoms with E-state index in [9.17, 15) is 4.79 Å². The average Bonchev–Trinajstić information content (AvgIpc) is 2.75. The van der Waals surface area contributed by atoms with E-state index in [4.69, 9.17) is 0 Å². The van der Waals surface area contributed by atoms with Crippen LogP contribution in [0.2, 0.25) is 0 Å². The van der Waals surface area contributed by atoms with Crippen molar-refractivity contribution >= 4 is 55.8 Å². The zero-order valence-electron chi connectivity index (χ0n) is 9.54. The van der Waals surface area contributed by atoms with Gasteiger partial charge >= 0.3 is 0 Å². The third kappa shape index (κ3) is 3.52. The highest BCUT2D eigenvalue weighted by Crippen LogP contribution is 2.18. The first kappa shape index (κ1) is 14.0. The summed E-state index contributed by atoms with van der Waals surface area (Å²) in [4.78, 5) is 16.3. The van der Waals surface area contributed by atoms with Crippen LogP contribution < -0.4 is 5.32 Å². The molecular formula is C12H10BrIN2OS. The molecule has 94 valence electrons. The van der Waals surface area contributed by atoms with Crippen LogP contribution in [0.25, 0.3) is 0 Å². The summed E-state index contributed by atoms with van der Waals surface area (Å²) in [5, 5.41) is 5.78. The first-order valence-corrected chi connectivity index (χ1v) is 7.95. The largest absolute Gasteiger partial charge is 0.345 e. The van der Waals surface area contributed by atoms with E-state index < -0.39 is 0 Å². The summed E-state index contributed by atoms with van der Waals surface area (Å²) in [5.41, 5.74) is 1.67. The molecule has 0 aliphatic heterocycles. The second kappa shape index (κ2) is 6.12. The van der Waals surface area contributed by atoms with Crippen molar-refractivity contribution in [1.29, 1.82) is 0 Å². The first-order chi connectivity index (χ1) is 8.56. The summed E-state index contributed by atoms with van der Waals surface area (Å²) in [5.74, 6) is -0.0754. The first-order valence-electron chi connectivity index (χ1n) is 5.20. The van der Waals surface area contributed by atoms with Gasteiger partial charge in [-0.1, -0.05) is 15.9 Å². The fourth-order valence-electron chi connectivity index (χ4n) is 1.41. The van der Waals surface area contributed by atoms with Gasteiger partial charge in [0.25, 0.3) is 5.91 Å². The number of aromatic nitrogens is 1. The summed E-state index contributed by atoms with van der Waals surface area (Å²) >= 11 is 7.08. The highest BCUT2D eigenvalue weighted by molar-refractivity contribution is 14.1. The average molecular weight is 437 g/mol. The van der Waals surface area contributed by atoms with E-state index >= 15 is 0 Å². The Labute approximate surface area is 131 Å². The smallest absolute Gasteiger partial charge is 0.252 e. The molecule has 0 aliphatic carbocycles. The van der Waals surface area contributed by atoms with Gasteiger partial charge in [-0.3, -0.25) is 4.79 Å². The van der Waals surface area contributed by atoms with Gasteiger partial charge in [-0.05, 0) is 47.7 Å². The Bertz CT molecular complexity index is 585. The lowest BCUT2D eigenvalue weighted by Gasteiger charge is -2.06. The number of halogens is 2. The lowest BCUT2D eigenvalue weighted by molar-refractivity contribution is 0.0950. The highest BCUT2D eigenvalue weighted by Gasteiger charge is 2.10. The van der Waals surface area contributed by atoms with Crippen LogP contribution in [0.3, 0.4) is 0 Å². The number of nitrogens with one attached hydrogen (secondary N) is 1. The van der Waals surface area contributed by atoms with Crippen molar-refractivity contribution in [3.63, 3.8) is 0 Å². The molecule has 0 saturated heterocycles. The molecule has 6 heteroatoms. The topological polar surface area (TPSA) is 42.0 Å². The number of aryl methyl sites for hydroxylation is 1. The number of rotatable bonds is 3. The molecule has 1 heterocycles. The SMILES string of the molecule is Cc1csc(CNC(=O)c2cc(Br)ccc2I)n1. The molecule has 0 fully saturated rings. The van der Waals surface area contributed by atoms with Crippen molar-refractivity contribution in [1.82, 2.24) is 10.3 Å². The van der Waals surface area contributed by atoms with E-state index in [1.54, 1.807) is 11.3 Å². The Kier molecular flexibility index (Phi) is 4.74. The maximum absolute atomic E-state index is 12.0. The van der Waals surface area contributed by atoms with Crippen molar-refractivity contribution in [2.45, 2.75) is 13.5 Å². The zero-order valence-corrected chi connectivity index (χ0v) is 14.1. The predicted octanol–water partition coefficient (Wildman–Crippen LogP) is 3.75. The zero-order chi connectivity index (χ0) is 13.1. The molecule has 0 unspecified atom stereocenters. The number of carbonyl (C=O) groups is 1. The van der Waals surface area contributed by atoms with Gasteiger partial charge in [0.1, 0.15) is 5.01 Å². The van der Waals surface area contributed by atoms with Crippen molar-refractivity contribution in [3.8, 4) is 0 Å². The molecule has 3 nitrogen and oxygen atoms in total. The summed E-state index contributed by atoms with van der Waals surface area (Å²) in [6.07, 6.45) is 0. The summed E-state index contributed by atoms with van der Waals surface area (Å²) < 4.78 is 1.83. The molecule has 0 saturated carbocycles. The molecule has 1 amide bonds. The maximum atomic E-state index is 12.0. The minimum Gasteiger partial charge on any atom is -0.345 e. The van der Waals surface area contributed by atoms with Crippen molar-refractivity contribution in [2.24, 2.45) is 0 Å². The van der Waals surface area contributed by atoms with E-state index in [-0.39, 0.29) is 5.91 Å². The quantitative estimate of drug-likeness (QED) is 0.744. The third-order valence-corrected chi connectivity index (χ3v) is 4.64. The molecule has 18 heavy (non-hydrogen) atoms. The van der Waals surface area contributed by atoms with E-state index in [0.717, 1.165) is 18.7 Å². The number of thiazole rings is 1. The van der Waals surface area contributed by atoms with Crippen molar-refractivity contribution < 1.29 is 4.79 Å². The predicted molar refractivity (Wildman–Crippen MR) is 84.9 cm³/mol. The Hall–Kier alpha value is -0.470. The molecule has 0 spiro atoms. The molecular weight excluding hydrogens is 427 g/mol. The molecule has 0 radical (unpaired) electrons. The summed E-state index contributed by atoms with van der Waals surface area (Å²) in [6.45, 7) is 2.42. The van der Waals surface area contributed by atoms with Crippen LogP contribution in [0, 0.1) is 10.5 Å². The van der Waals surface area contributed by atoms with Gasteiger partial charge in [0.2, 0.25) is 0 Å². The number of carbonyl (C=O) groups excluding carboxylic acids is 1. The minimum absolute atomic E-state index is 0.0754. The number of hydrogen-bond donors (Lipinski definition) is 1. The fourth-order valence-corrected chi connectivity index (χ4v) is 3.06. The minimum atomic E-state index is -0.0754.